The summed E-state index contributed by atoms with van der Waals surface area (Å²) >= 11 is 0. The molecule has 5 aliphatic rings. The molecule has 3 atom stereocenters. The Morgan fingerprint density at radius 3 is 1.87 bits per heavy atom. The van der Waals surface area contributed by atoms with E-state index in [9.17, 15) is 0 Å². The second-order valence-corrected chi connectivity index (χ2v) is 23.9. The van der Waals surface area contributed by atoms with E-state index in [2.05, 4.69) is 221 Å². The van der Waals surface area contributed by atoms with Crippen LogP contribution in [0, 0.1) is 12.8 Å². The highest BCUT2D eigenvalue weighted by atomic mass is 16.5. The van der Waals surface area contributed by atoms with Gasteiger partial charge in [0, 0.05) is 45.7 Å². The second-order valence-electron chi connectivity index (χ2n) is 23.9. The molecule has 0 bridgehead atoms. The minimum absolute atomic E-state index is 0.134. The normalized spacial score (nSPS) is 19.4. The summed E-state index contributed by atoms with van der Waals surface area (Å²) in [4.78, 5) is 4.90. The number of aryl methyl sites for hydroxylation is 1. The number of nitrogens with zero attached hydrogens (tertiary/aromatic N) is 2. The van der Waals surface area contributed by atoms with Gasteiger partial charge in [0.1, 0.15) is 11.7 Å². The monoisotopic (exact) mass is 1130 g/mol. The lowest BCUT2D eigenvalue weighted by molar-refractivity contribution is 0.258. The van der Waals surface area contributed by atoms with Crippen molar-refractivity contribution in [1.82, 2.24) is 0 Å². The van der Waals surface area contributed by atoms with Gasteiger partial charge in [0.2, 0.25) is 0 Å². The molecule has 2 fully saturated rings. The molecule has 0 spiro atoms. The van der Waals surface area contributed by atoms with Crippen LogP contribution >= 0.6 is 0 Å². The van der Waals surface area contributed by atoms with Gasteiger partial charge in [-0.3, -0.25) is 0 Å². The summed E-state index contributed by atoms with van der Waals surface area (Å²) in [6, 6.07) is 43.2. The van der Waals surface area contributed by atoms with Gasteiger partial charge in [-0.05, 0) is 158 Å². The number of furan rings is 1. The van der Waals surface area contributed by atoms with Gasteiger partial charge in [0.15, 0.2) is 11.3 Å². The maximum atomic E-state index is 7.09. The van der Waals surface area contributed by atoms with Gasteiger partial charge in [0.05, 0.1) is 17.1 Å². The quantitative estimate of drug-likeness (QED) is 0.0802. The molecule has 2 heterocycles. The first-order valence-corrected chi connectivity index (χ1v) is 33.1. The van der Waals surface area contributed by atoms with Crippen molar-refractivity contribution >= 4 is 68.1 Å². The third-order valence-corrected chi connectivity index (χ3v) is 18.4. The molecule has 0 saturated heterocycles. The number of rotatable bonds is 14. The van der Waals surface area contributed by atoms with Crippen LogP contribution < -0.4 is 14.5 Å². The summed E-state index contributed by atoms with van der Waals surface area (Å²) in [6.45, 7) is 28.9. The Bertz CT molecular complexity index is 3510. The number of unbranched alkanes of at least 4 members (excludes halogenated alkanes) is 4. The molecule has 7 aromatic rings. The van der Waals surface area contributed by atoms with Crippen molar-refractivity contribution in [3.63, 3.8) is 0 Å². The van der Waals surface area contributed by atoms with E-state index in [1.54, 1.807) is 0 Å². The zero-order valence-corrected chi connectivity index (χ0v) is 53.2. The van der Waals surface area contributed by atoms with Gasteiger partial charge in [-0.2, -0.15) is 0 Å². The van der Waals surface area contributed by atoms with Gasteiger partial charge in [0.25, 0.3) is 0 Å². The molecule has 12 rings (SSSR count). The predicted molar refractivity (Wildman–Crippen MR) is 371 cm³/mol. The summed E-state index contributed by atoms with van der Waals surface area (Å²) in [5.74, 6) is 2.40. The van der Waals surface area contributed by atoms with Crippen LogP contribution in [0.25, 0.3) is 39.7 Å². The summed E-state index contributed by atoms with van der Waals surface area (Å²) in [7, 11) is 0. The van der Waals surface area contributed by atoms with E-state index < -0.39 is 0 Å². The molecule has 1 aromatic heterocycles. The van der Waals surface area contributed by atoms with E-state index in [0.29, 0.717) is 18.4 Å². The molecular formula is C81H98N2O2. The van der Waals surface area contributed by atoms with E-state index in [4.69, 9.17) is 15.7 Å². The smallest absolute Gasteiger partial charge is 0.159 e. The molecule has 1 aliphatic heterocycles. The average molecular weight is 1130 g/mol. The largest absolute Gasteiger partial charge is 0.484 e. The summed E-state index contributed by atoms with van der Waals surface area (Å²) in [5.41, 5.74) is 19.5. The van der Waals surface area contributed by atoms with Crippen molar-refractivity contribution in [2.45, 2.75) is 189 Å². The van der Waals surface area contributed by atoms with Crippen LogP contribution in [0.3, 0.4) is 0 Å². The molecule has 85 heavy (non-hydrogen) atoms. The van der Waals surface area contributed by atoms with Crippen molar-refractivity contribution in [1.29, 1.82) is 0 Å². The second kappa shape index (κ2) is 30.2. The Morgan fingerprint density at radius 1 is 0.600 bits per heavy atom. The number of allylic oxidation sites excluding steroid dienone is 8. The first kappa shape index (κ1) is 62.2. The standard InChI is InChI=1S/C70H70N2O2.C7H16.2C2H6/c1-46-17-12-18-47(2)59-25-14-29-66(69(59)73-50(46)5)72(58-40-35-55(36-41-58)53-23-10-7-11-24-53)64-43-37-56-32-30-48(3)63-45-51(31-42-62(64)67(56)63)20-16-44-71(57-38-33-54(34-39-57)52-21-8-6-9-22-52)65-28-15-27-61-60-26-13-19-49(4)68(60)74-70(61)65;1-3-5-7-6-4-2;2*1-2/h12-20,25-43,50-53,63H,2-3,6-11,21-24,44-45H2,1,4-5H3;3-7H2,1-2H3;2*1-2H3/b18-12-,20-16-,46-17-;;;. The van der Waals surface area contributed by atoms with Crippen LogP contribution in [0.1, 0.15) is 215 Å². The Hall–Kier alpha value is -7.30. The fraction of sp³-hybridized carbons (Fsp3) is 0.383. The number of hydrogen-bond acceptors (Lipinski definition) is 4. The lowest BCUT2D eigenvalue weighted by Crippen LogP contribution is -2.19. The highest BCUT2D eigenvalue weighted by Gasteiger charge is 2.32. The Kier molecular flexibility index (Phi) is 22.1. The van der Waals surface area contributed by atoms with Gasteiger partial charge in [-0.1, -0.05) is 253 Å². The number of benzene rings is 6. The van der Waals surface area contributed by atoms with Crippen molar-refractivity contribution in [3.8, 4) is 5.75 Å². The number of hydrogen-bond donors (Lipinski definition) is 0. The van der Waals surface area contributed by atoms with Gasteiger partial charge >= 0.3 is 0 Å². The third kappa shape index (κ3) is 14.2. The lowest BCUT2D eigenvalue weighted by atomic mass is 9.78. The van der Waals surface area contributed by atoms with E-state index in [0.717, 1.165) is 84.7 Å². The van der Waals surface area contributed by atoms with Crippen molar-refractivity contribution in [2.75, 3.05) is 16.3 Å². The predicted octanol–water partition coefficient (Wildman–Crippen LogP) is 24.9. The number of para-hydroxylation sites is 3. The maximum absolute atomic E-state index is 7.09. The summed E-state index contributed by atoms with van der Waals surface area (Å²) in [5, 5.41) is 2.31. The minimum Gasteiger partial charge on any atom is -0.484 e. The number of fused-ring (bicyclic) bond motifs is 4. The zero-order chi connectivity index (χ0) is 59.8. The molecule has 3 unspecified atom stereocenters. The average Bonchev–Trinajstić information content (AvgIpc) is 2.43. The Balaban J connectivity index is 0.000000728. The molecule has 4 nitrogen and oxygen atoms in total. The molecule has 0 N–H and O–H groups in total. The fourth-order valence-electron chi connectivity index (χ4n) is 13.5. The van der Waals surface area contributed by atoms with Crippen LogP contribution in [-0.4, -0.2) is 12.6 Å². The highest BCUT2D eigenvalue weighted by molar-refractivity contribution is 6.10. The van der Waals surface area contributed by atoms with Crippen LogP contribution in [0.4, 0.5) is 28.4 Å². The number of anilines is 5. The molecule has 2 saturated carbocycles. The van der Waals surface area contributed by atoms with Gasteiger partial charge in [-0.25, -0.2) is 0 Å². The van der Waals surface area contributed by atoms with Gasteiger partial charge < -0.3 is 19.0 Å². The molecule has 4 heteroatoms. The molecule has 0 amide bonds. The SMILES string of the molecule is C=C1/C=C\C=C(\C)C(C)Oc2c1cccc2N(c1ccc(C2CCCCC2)cc1)c1ccc2c3c1C=CC(/C=C\CN(c1ccc(C4CCCCC4)cc1)c1cccc4c1oc1c(C)cccc14)CC3C(=C)C=C2.CC.CC.CCCCCCC. The fourth-order valence-corrected chi connectivity index (χ4v) is 13.5. The van der Waals surface area contributed by atoms with Crippen LogP contribution in [-0.2, 0) is 0 Å². The minimum atomic E-state index is -0.135. The zero-order valence-electron chi connectivity index (χ0n) is 53.2. The van der Waals surface area contributed by atoms with E-state index in [1.165, 1.54) is 130 Å². The summed E-state index contributed by atoms with van der Waals surface area (Å²) < 4.78 is 13.9. The van der Waals surface area contributed by atoms with Crippen LogP contribution in [0.2, 0.25) is 0 Å². The molecule has 0 radical (unpaired) electrons. The molecule has 6 aromatic carbocycles. The first-order valence-electron chi connectivity index (χ1n) is 33.1. The van der Waals surface area contributed by atoms with E-state index in [1.807, 2.05) is 27.7 Å². The van der Waals surface area contributed by atoms with Crippen LogP contribution in [0.15, 0.2) is 187 Å². The van der Waals surface area contributed by atoms with E-state index in [-0.39, 0.29) is 17.9 Å². The Labute approximate surface area is 512 Å². The molecular weight excluding hydrogens is 1030 g/mol. The third-order valence-electron chi connectivity index (χ3n) is 18.4. The first-order chi connectivity index (χ1) is 41.7. The van der Waals surface area contributed by atoms with Gasteiger partial charge in [-0.15, -0.1) is 0 Å². The van der Waals surface area contributed by atoms with E-state index >= 15 is 0 Å². The molecule has 4 aliphatic carbocycles. The van der Waals surface area contributed by atoms with Crippen molar-refractivity contribution in [3.05, 3.63) is 221 Å². The Morgan fingerprint density at radius 2 is 1.21 bits per heavy atom. The highest BCUT2D eigenvalue weighted by Crippen LogP contribution is 2.51. The molecule has 444 valence electrons. The van der Waals surface area contributed by atoms with Crippen LogP contribution in [0.5, 0.6) is 5.75 Å². The van der Waals surface area contributed by atoms with Crippen molar-refractivity contribution in [2.24, 2.45) is 5.92 Å². The lowest BCUT2D eigenvalue weighted by Gasteiger charge is -2.33. The number of ether oxygens (including phenoxy) is 1. The van der Waals surface area contributed by atoms with Crippen molar-refractivity contribution < 1.29 is 9.15 Å². The summed E-state index contributed by atoms with van der Waals surface area (Å²) in [6.07, 6.45) is 41.4. The maximum Gasteiger partial charge on any atom is 0.159 e. The topological polar surface area (TPSA) is 28.9 Å².